The van der Waals surface area contributed by atoms with Crippen LogP contribution in [0.1, 0.15) is 0 Å². The minimum Gasteiger partial charge on any atom is -0.394 e. The van der Waals surface area contributed by atoms with E-state index in [2.05, 4.69) is 5.92 Å². The Balaban J connectivity index is 3.02. The lowest BCUT2D eigenvalue weighted by Gasteiger charge is -2.09. The second-order valence-corrected chi connectivity index (χ2v) is 7.72. The lowest BCUT2D eigenvalue weighted by molar-refractivity contribution is -0.0284. The molecular weight excluding hydrogens is 532 g/mol. The van der Waals surface area contributed by atoms with Gasteiger partial charge in [0, 0.05) is 0 Å². The van der Waals surface area contributed by atoms with E-state index in [0.29, 0.717) is 159 Å². The molecule has 0 bridgehead atoms. The number of ether oxygens (including phenoxy) is 12. The Hall–Kier alpha value is -0.960. The molecule has 0 aromatic heterocycles. The summed E-state index contributed by atoms with van der Waals surface area (Å²) in [4.78, 5) is 0. The Labute approximate surface area is 239 Å². The van der Waals surface area contributed by atoms with E-state index in [-0.39, 0.29) is 6.61 Å². The lowest BCUT2D eigenvalue weighted by Crippen LogP contribution is -2.15. The van der Waals surface area contributed by atoms with Gasteiger partial charge in [-0.05, 0) is 0 Å². The maximum Gasteiger partial charge on any atom is 0.107 e. The van der Waals surface area contributed by atoms with Crippen LogP contribution in [0.3, 0.4) is 0 Å². The largest absolute Gasteiger partial charge is 0.394 e. The molecule has 0 amide bonds. The van der Waals surface area contributed by atoms with E-state index < -0.39 is 0 Å². The van der Waals surface area contributed by atoms with Gasteiger partial charge in [0.2, 0.25) is 0 Å². The van der Waals surface area contributed by atoms with Crippen LogP contribution < -0.4 is 0 Å². The third kappa shape index (κ3) is 37.0. The van der Waals surface area contributed by atoms with Gasteiger partial charge in [-0.3, -0.25) is 0 Å². The zero-order valence-corrected chi connectivity index (χ0v) is 24.1. The molecule has 0 aliphatic carbocycles. The summed E-state index contributed by atoms with van der Waals surface area (Å²) in [5.74, 6) is 2.39. The van der Waals surface area contributed by atoms with Crippen molar-refractivity contribution in [1.29, 1.82) is 0 Å². The SMILES string of the molecule is C#CCOCCOCCOCCOCCOCCOCCOCCOCCOCCOCCOCCOCCO. The fourth-order valence-electron chi connectivity index (χ4n) is 2.61. The van der Waals surface area contributed by atoms with E-state index in [0.717, 1.165) is 0 Å². The van der Waals surface area contributed by atoms with Gasteiger partial charge < -0.3 is 61.9 Å². The van der Waals surface area contributed by atoms with Gasteiger partial charge in [0.05, 0.1) is 159 Å². The van der Waals surface area contributed by atoms with Crippen molar-refractivity contribution in [2.45, 2.75) is 0 Å². The number of hydrogen-bond acceptors (Lipinski definition) is 13. The van der Waals surface area contributed by atoms with Gasteiger partial charge in [0.15, 0.2) is 0 Å². The molecule has 0 spiro atoms. The molecule has 0 aromatic rings. The number of aliphatic hydroxyl groups excluding tert-OH is 1. The smallest absolute Gasteiger partial charge is 0.107 e. The predicted octanol–water partition coefficient (Wildman–Crippen LogP) is -0.189. The van der Waals surface area contributed by atoms with Crippen LogP contribution >= 0.6 is 0 Å². The van der Waals surface area contributed by atoms with Crippen molar-refractivity contribution >= 4 is 0 Å². The van der Waals surface area contributed by atoms with Crippen molar-refractivity contribution in [2.75, 3.05) is 165 Å². The molecule has 1 N–H and O–H groups in total. The fraction of sp³-hybridized carbons (Fsp3) is 0.926. The standard InChI is InChI=1S/C27H52O13/c1-2-4-29-6-8-31-10-12-33-14-16-35-18-20-37-22-24-39-26-27-40-25-23-38-21-19-36-17-15-34-13-11-32-9-7-30-5-3-28/h1,28H,3-27H2. The zero-order chi connectivity index (χ0) is 28.9. The molecule has 40 heavy (non-hydrogen) atoms. The van der Waals surface area contributed by atoms with Gasteiger partial charge in [-0.1, -0.05) is 5.92 Å². The van der Waals surface area contributed by atoms with Crippen molar-refractivity contribution in [3.8, 4) is 12.3 Å². The molecule has 0 saturated carbocycles. The molecule has 0 saturated heterocycles. The highest BCUT2D eigenvalue weighted by Gasteiger charge is 1.96. The zero-order valence-electron chi connectivity index (χ0n) is 24.1. The Morgan fingerprint density at radius 1 is 0.300 bits per heavy atom. The molecule has 13 heteroatoms. The van der Waals surface area contributed by atoms with Crippen molar-refractivity contribution in [2.24, 2.45) is 0 Å². The summed E-state index contributed by atoms with van der Waals surface area (Å²) in [6.07, 6.45) is 5.07. The van der Waals surface area contributed by atoms with Crippen LogP contribution in [0.5, 0.6) is 0 Å². The van der Waals surface area contributed by atoms with Crippen LogP contribution in [0.15, 0.2) is 0 Å². The molecule has 0 atom stereocenters. The average Bonchev–Trinajstić information content (AvgIpc) is 2.97. The van der Waals surface area contributed by atoms with E-state index in [4.69, 9.17) is 68.4 Å². The molecule has 0 aliphatic rings. The minimum atomic E-state index is 0.0249. The molecule has 0 fully saturated rings. The monoisotopic (exact) mass is 584 g/mol. The Morgan fingerprint density at radius 3 is 0.650 bits per heavy atom. The van der Waals surface area contributed by atoms with Crippen LogP contribution in [0, 0.1) is 12.3 Å². The average molecular weight is 585 g/mol. The highest BCUT2D eigenvalue weighted by atomic mass is 16.6. The fourth-order valence-corrected chi connectivity index (χ4v) is 2.61. The molecule has 0 rings (SSSR count). The van der Waals surface area contributed by atoms with Gasteiger partial charge in [-0.25, -0.2) is 0 Å². The summed E-state index contributed by atoms with van der Waals surface area (Å²) in [6, 6.07) is 0. The third-order valence-corrected chi connectivity index (χ3v) is 4.51. The van der Waals surface area contributed by atoms with E-state index >= 15 is 0 Å². The Bertz CT molecular complexity index is 494. The van der Waals surface area contributed by atoms with Crippen LogP contribution in [-0.4, -0.2) is 170 Å². The highest BCUT2D eigenvalue weighted by Crippen LogP contribution is 1.87. The third-order valence-electron chi connectivity index (χ3n) is 4.51. The van der Waals surface area contributed by atoms with Gasteiger partial charge in [0.25, 0.3) is 0 Å². The second-order valence-electron chi connectivity index (χ2n) is 7.72. The van der Waals surface area contributed by atoms with Crippen molar-refractivity contribution in [1.82, 2.24) is 0 Å². The van der Waals surface area contributed by atoms with Crippen LogP contribution in [0.2, 0.25) is 0 Å². The number of terminal acetylenes is 1. The summed E-state index contributed by atoms with van der Waals surface area (Å²) in [5, 5.41) is 8.56. The topological polar surface area (TPSA) is 131 Å². The molecule has 13 nitrogen and oxygen atoms in total. The maximum absolute atomic E-state index is 8.56. The first-order valence-electron chi connectivity index (χ1n) is 13.9. The van der Waals surface area contributed by atoms with Gasteiger partial charge >= 0.3 is 0 Å². The van der Waals surface area contributed by atoms with E-state index in [1.54, 1.807) is 0 Å². The number of rotatable bonds is 36. The van der Waals surface area contributed by atoms with Crippen molar-refractivity contribution in [3.05, 3.63) is 0 Å². The molecule has 0 unspecified atom stereocenters. The van der Waals surface area contributed by atoms with Gasteiger partial charge in [-0.2, -0.15) is 0 Å². The molecule has 0 radical (unpaired) electrons. The molecule has 238 valence electrons. The van der Waals surface area contributed by atoms with Crippen molar-refractivity contribution < 1.29 is 61.9 Å². The lowest BCUT2D eigenvalue weighted by atomic mass is 10.6. The molecular formula is C27H52O13. The Morgan fingerprint density at radius 2 is 0.475 bits per heavy atom. The highest BCUT2D eigenvalue weighted by molar-refractivity contribution is 4.82. The van der Waals surface area contributed by atoms with Gasteiger partial charge in [0.1, 0.15) is 6.61 Å². The van der Waals surface area contributed by atoms with Crippen LogP contribution in [-0.2, 0) is 56.8 Å². The molecule has 0 heterocycles. The molecule has 0 aromatic carbocycles. The second kappa shape index (κ2) is 38.0. The number of aliphatic hydroxyl groups is 1. The maximum atomic E-state index is 8.56. The van der Waals surface area contributed by atoms with Crippen LogP contribution in [0.25, 0.3) is 0 Å². The molecule has 0 aliphatic heterocycles. The quantitative estimate of drug-likeness (QED) is 0.0772. The Kier molecular flexibility index (Phi) is 37.1. The van der Waals surface area contributed by atoms with E-state index in [9.17, 15) is 0 Å². The van der Waals surface area contributed by atoms with Crippen LogP contribution in [0.4, 0.5) is 0 Å². The van der Waals surface area contributed by atoms with Crippen molar-refractivity contribution in [3.63, 3.8) is 0 Å². The first-order chi connectivity index (χ1) is 19.9. The summed E-state index contributed by atoms with van der Waals surface area (Å²) in [7, 11) is 0. The normalized spacial score (nSPS) is 11.3. The van der Waals surface area contributed by atoms with E-state index in [1.165, 1.54) is 0 Å². The first kappa shape index (κ1) is 39.0. The predicted molar refractivity (Wildman–Crippen MR) is 146 cm³/mol. The van der Waals surface area contributed by atoms with E-state index in [1.807, 2.05) is 0 Å². The summed E-state index contributed by atoms with van der Waals surface area (Å²) in [6.45, 7) is 11.7. The summed E-state index contributed by atoms with van der Waals surface area (Å²) in [5.41, 5.74) is 0. The summed E-state index contributed by atoms with van der Waals surface area (Å²) < 4.78 is 64.2. The number of hydrogen-bond donors (Lipinski definition) is 1. The van der Waals surface area contributed by atoms with Gasteiger partial charge in [-0.15, -0.1) is 6.42 Å². The summed E-state index contributed by atoms with van der Waals surface area (Å²) >= 11 is 0. The minimum absolute atomic E-state index is 0.0249. The first-order valence-corrected chi connectivity index (χ1v) is 13.9.